The molecule has 0 saturated carbocycles. The average Bonchev–Trinajstić information content (AvgIpc) is 2.99. The van der Waals surface area contributed by atoms with Crippen LogP contribution in [0.5, 0.6) is 0 Å². The van der Waals surface area contributed by atoms with Gasteiger partial charge in [-0.15, -0.1) is 0 Å². The zero-order chi connectivity index (χ0) is 19.1. The quantitative estimate of drug-likeness (QED) is 0.496. The first-order valence-electron chi connectivity index (χ1n) is 8.88. The molecule has 142 valence electrons. The van der Waals surface area contributed by atoms with Gasteiger partial charge in [-0.05, 0) is 25.0 Å². The molecule has 2 rings (SSSR count). The van der Waals surface area contributed by atoms with Gasteiger partial charge in [-0.3, -0.25) is 9.59 Å². The third-order valence-electron chi connectivity index (χ3n) is 4.01. The highest BCUT2D eigenvalue weighted by atomic mass is 32.2. The number of fused-ring (bicyclic) bond motifs is 1. The first kappa shape index (κ1) is 20.3. The number of imidazole rings is 1. The smallest absolute Gasteiger partial charge is 0.307 e. The second-order valence-electron chi connectivity index (χ2n) is 6.48. The molecule has 0 fully saturated rings. The largest absolute Gasteiger partial charge is 0.469 e. The highest BCUT2D eigenvalue weighted by Gasteiger charge is 2.18. The van der Waals surface area contributed by atoms with Crippen molar-refractivity contribution in [1.29, 1.82) is 0 Å². The maximum atomic E-state index is 12.7. The predicted octanol–water partition coefficient (Wildman–Crippen LogP) is 3.20. The fourth-order valence-electron chi connectivity index (χ4n) is 2.77. The monoisotopic (exact) mass is 377 g/mol. The normalized spacial score (nSPS) is 11.1. The Kier molecular flexibility index (Phi) is 7.50. The van der Waals surface area contributed by atoms with Crippen LogP contribution in [0.2, 0.25) is 0 Å². The Morgan fingerprint density at radius 1 is 1.31 bits per heavy atom. The molecule has 0 saturated heterocycles. The number of hydrogen-bond donors (Lipinski definition) is 0. The Hall–Kier alpha value is -2.02. The van der Waals surface area contributed by atoms with Crippen LogP contribution in [0.3, 0.4) is 0 Å². The van der Waals surface area contributed by atoms with E-state index < -0.39 is 0 Å². The lowest BCUT2D eigenvalue weighted by Gasteiger charge is -2.24. The van der Waals surface area contributed by atoms with E-state index in [1.54, 1.807) is 4.90 Å². The molecule has 1 heterocycles. The van der Waals surface area contributed by atoms with E-state index in [0.29, 0.717) is 24.8 Å². The van der Waals surface area contributed by atoms with E-state index in [-0.39, 0.29) is 18.3 Å². The standard InChI is InChI=1S/C19H27N3O3S/c1-5-22-16-9-7-6-8-15(16)20-19(22)26-13-17(23)21(12-14(2)3)11-10-18(24)25-4/h6-9,14H,5,10-13H2,1-4H3. The predicted molar refractivity (Wildman–Crippen MR) is 104 cm³/mol. The molecule has 7 heteroatoms. The zero-order valence-electron chi connectivity index (χ0n) is 15.9. The number of hydrogen-bond acceptors (Lipinski definition) is 5. The second-order valence-corrected chi connectivity index (χ2v) is 7.42. The van der Waals surface area contributed by atoms with Crippen LogP contribution < -0.4 is 0 Å². The van der Waals surface area contributed by atoms with Gasteiger partial charge in [-0.1, -0.05) is 37.7 Å². The van der Waals surface area contributed by atoms with Gasteiger partial charge in [-0.2, -0.15) is 0 Å². The van der Waals surface area contributed by atoms with Gasteiger partial charge in [0, 0.05) is 19.6 Å². The summed E-state index contributed by atoms with van der Waals surface area (Å²) in [5, 5.41) is 0.847. The molecule has 2 aromatic rings. The number of ether oxygens (including phenoxy) is 1. The molecule has 0 aliphatic carbocycles. The van der Waals surface area contributed by atoms with Crippen molar-refractivity contribution < 1.29 is 14.3 Å². The van der Waals surface area contributed by atoms with Crippen LogP contribution in [-0.2, 0) is 20.9 Å². The van der Waals surface area contributed by atoms with Gasteiger partial charge >= 0.3 is 5.97 Å². The SMILES string of the molecule is CCn1c(SCC(=O)N(CCC(=O)OC)CC(C)C)nc2ccccc21. The van der Waals surface area contributed by atoms with Gasteiger partial charge in [0.1, 0.15) is 0 Å². The molecule has 6 nitrogen and oxygen atoms in total. The number of esters is 1. The van der Waals surface area contributed by atoms with Crippen molar-refractivity contribution >= 4 is 34.7 Å². The summed E-state index contributed by atoms with van der Waals surface area (Å²) in [6, 6.07) is 7.98. The third kappa shape index (κ3) is 5.24. The number of para-hydroxylation sites is 2. The summed E-state index contributed by atoms with van der Waals surface area (Å²) < 4.78 is 6.80. The number of benzene rings is 1. The third-order valence-corrected chi connectivity index (χ3v) is 4.97. The number of aromatic nitrogens is 2. The van der Waals surface area contributed by atoms with Gasteiger partial charge < -0.3 is 14.2 Å². The van der Waals surface area contributed by atoms with Gasteiger partial charge in [0.2, 0.25) is 5.91 Å². The summed E-state index contributed by atoms with van der Waals surface area (Å²) in [5.41, 5.74) is 2.02. The van der Waals surface area contributed by atoms with Crippen LogP contribution in [0.1, 0.15) is 27.2 Å². The van der Waals surface area contributed by atoms with Crippen LogP contribution in [0.4, 0.5) is 0 Å². The number of carbonyl (C=O) groups excluding carboxylic acids is 2. The first-order valence-corrected chi connectivity index (χ1v) is 9.87. The molecule has 1 aromatic carbocycles. The fraction of sp³-hybridized carbons (Fsp3) is 0.526. The number of amides is 1. The Morgan fingerprint density at radius 3 is 2.69 bits per heavy atom. The number of thioether (sulfide) groups is 1. The topological polar surface area (TPSA) is 64.4 Å². The second kappa shape index (κ2) is 9.62. The van der Waals surface area contributed by atoms with Crippen LogP contribution in [0, 0.1) is 5.92 Å². The van der Waals surface area contributed by atoms with Crippen LogP contribution in [0.15, 0.2) is 29.4 Å². The number of rotatable bonds is 9. The number of carbonyl (C=O) groups is 2. The van der Waals surface area contributed by atoms with E-state index in [1.165, 1.54) is 18.9 Å². The lowest BCUT2D eigenvalue weighted by Crippen LogP contribution is -2.37. The molecule has 0 atom stereocenters. The maximum absolute atomic E-state index is 12.7. The molecule has 0 radical (unpaired) electrons. The Labute approximate surface area is 158 Å². The number of nitrogens with zero attached hydrogens (tertiary/aromatic N) is 3. The molecule has 0 bridgehead atoms. The summed E-state index contributed by atoms with van der Waals surface area (Å²) in [4.78, 5) is 30.5. The van der Waals surface area contributed by atoms with E-state index in [1.807, 2.05) is 24.3 Å². The lowest BCUT2D eigenvalue weighted by atomic mass is 10.2. The van der Waals surface area contributed by atoms with Crippen molar-refractivity contribution in [2.45, 2.75) is 38.9 Å². The minimum atomic E-state index is -0.299. The maximum Gasteiger partial charge on any atom is 0.307 e. The Balaban J connectivity index is 2.05. The summed E-state index contributed by atoms with van der Waals surface area (Å²) in [7, 11) is 1.36. The number of aryl methyl sites for hydroxylation is 1. The molecular weight excluding hydrogens is 350 g/mol. The molecule has 0 aliphatic heterocycles. The Bertz CT molecular complexity index is 758. The van der Waals surface area contributed by atoms with Crippen molar-refractivity contribution in [2.24, 2.45) is 5.92 Å². The van der Waals surface area contributed by atoms with Crippen LogP contribution in [-0.4, -0.2) is 52.3 Å². The molecule has 0 spiro atoms. The Morgan fingerprint density at radius 2 is 2.04 bits per heavy atom. The zero-order valence-corrected chi connectivity index (χ0v) is 16.7. The number of methoxy groups -OCH3 is 1. The van der Waals surface area contributed by atoms with E-state index >= 15 is 0 Å². The van der Waals surface area contributed by atoms with Crippen LogP contribution in [0.25, 0.3) is 11.0 Å². The van der Waals surface area contributed by atoms with Crippen molar-refractivity contribution in [3.8, 4) is 0 Å². The minimum absolute atomic E-state index is 0.0160. The summed E-state index contributed by atoms with van der Waals surface area (Å²) in [6.07, 6.45) is 0.215. The van der Waals surface area contributed by atoms with E-state index in [4.69, 9.17) is 0 Å². The lowest BCUT2D eigenvalue weighted by molar-refractivity contribution is -0.141. The van der Waals surface area contributed by atoms with E-state index in [2.05, 4.69) is 35.1 Å². The molecule has 0 aliphatic rings. The van der Waals surface area contributed by atoms with Gasteiger partial charge in [-0.25, -0.2) is 4.98 Å². The van der Waals surface area contributed by atoms with Gasteiger partial charge in [0.25, 0.3) is 0 Å². The summed E-state index contributed by atoms with van der Waals surface area (Å²) in [6.45, 7) is 8.00. The van der Waals surface area contributed by atoms with Crippen LogP contribution >= 0.6 is 11.8 Å². The van der Waals surface area contributed by atoms with E-state index in [0.717, 1.165) is 22.7 Å². The average molecular weight is 378 g/mol. The highest BCUT2D eigenvalue weighted by Crippen LogP contribution is 2.24. The molecule has 0 N–H and O–H groups in total. The summed E-state index contributed by atoms with van der Waals surface area (Å²) in [5.74, 6) is 0.355. The van der Waals surface area contributed by atoms with Gasteiger partial charge in [0.15, 0.2) is 5.16 Å². The first-order chi connectivity index (χ1) is 12.5. The van der Waals surface area contributed by atoms with E-state index in [9.17, 15) is 9.59 Å². The summed E-state index contributed by atoms with van der Waals surface area (Å²) >= 11 is 1.45. The van der Waals surface area contributed by atoms with Crippen molar-refractivity contribution in [3.05, 3.63) is 24.3 Å². The minimum Gasteiger partial charge on any atom is -0.469 e. The highest BCUT2D eigenvalue weighted by molar-refractivity contribution is 7.99. The van der Waals surface area contributed by atoms with Gasteiger partial charge in [0.05, 0.1) is 30.3 Å². The van der Waals surface area contributed by atoms with Crippen molar-refractivity contribution in [3.63, 3.8) is 0 Å². The van der Waals surface area contributed by atoms with Crippen molar-refractivity contribution in [2.75, 3.05) is 26.0 Å². The molecule has 0 unspecified atom stereocenters. The fourth-order valence-corrected chi connectivity index (χ4v) is 3.75. The molecule has 1 amide bonds. The molecular formula is C19H27N3O3S. The molecule has 1 aromatic heterocycles. The van der Waals surface area contributed by atoms with Crippen molar-refractivity contribution in [1.82, 2.24) is 14.5 Å². The molecule has 26 heavy (non-hydrogen) atoms.